The molecule has 0 aliphatic carbocycles. The van der Waals surface area contributed by atoms with Gasteiger partial charge in [-0.3, -0.25) is 4.90 Å². The molecule has 0 aromatic rings. The van der Waals surface area contributed by atoms with Gasteiger partial charge in [0.15, 0.2) is 0 Å². The summed E-state index contributed by atoms with van der Waals surface area (Å²) in [5.74, 6) is 0. The standard InChI is InChI=1S/C10H22N2O/c1-9(2)12(6-5-11)10-4-3-7-13-8-10/h9-10H,3-8,11H2,1-2H3. The molecule has 0 aromatic carbocycles. The van der Waals surface area contributed by atoms with E-state index >= 15 is 0 Å². The van der Waals surface area contributed by atoms with Crippen molar-refractivity contribution in [3.8, 4) is 0 Å². The fourth-order valence-electron chi connectivity index (χ4n) is 2.00. The average molecular weight is 186 g/mol. The number of nitrogens with two attached hydrogens (primary N) is 1. The predicted molar refractivity (Wildman–Crippen MR) is 54.7 cm³/mol. The molecule has 13 heavy (non-hydrogen) atoms. The van der Waals surface area contributed by atoms with Crippen molar-refractivity contribution in [3.63, 3.8) is 0 Å². The maximum absolute atomic E-state index is 5.59. The van der Waals surface area contributed by atoms with Crippen molar-refractivity contribution in [1.82, 2.24) is 4.90 Å². The zero-order valence-corrected chi connectivity index (χ0v) is 8.83. The van der Waals surface area contributed by atoms with Crippen LogP contribution in [0.25, 0.3) is 0 Å². The maximum Gasteiger partial charge on any atom is 0.0621 e. The Morgan fingerprint density at radius 3 is 2.77 bits per heavy atom. The zero-order chi connectivity index (χ0) is 9.68. The highest BCUT2D eigenvalue weighted by atomic mass is 16.5. The molecule has 0 amide bonds. The molecule has 1 aliphatic rings. The molecule has 3 nitrogen and oxygen atoms in total. The Morgan fingerprint density at radius 1 is 1.54 bits per heavy atom. The van der Waals surface area contributed by atoms with E-state index in [2.05, 4.69) is 18.7 Å². The van der Waals surface area contributed by atoms with Crippen molar-refractivity contribution < 1.29 is 4.74 Å². The van der Waals surface area contributed by atoms with Gasteiger partial charge in [-0.05, 0) is 26.7 Å². The Morgan fingerprint density at radius 2 is 2.31 bits per heavy atom. The Labute approximate surface area is 81.2 Å². The Kier molecular flexibility index (Phi) is 4.70. The number of hydrogen-bond acceptors (Lipinski definition) is 3. The van der Waals surface area contributed by atoms with Crippen LogP contribution < -0.4 is 5.73 Å². The molecule has 0 bridgehead atoms. The lowest BCUT2D eigenvalue weighted by atomic mass is 10.1. The maximum atomic E-state index is 5.59. The van der Waals surface area contributed by atoms with Gasteiger partial charge >= 0.3 is 0 Å². The molecule has 3 heteroatoms. The van der Waals surface area contributed by atoms with Crippen LogP contribution >= 0.6 is 0 Å². The molecule has 78 valence electrons. The van der Waals surface area contributed by atoms with Crippen LogP contribution in [0.15, 0.2) is 0 Å². The molecule has 0 radical (unpaired) electrons. The summed E-state index contributed by atoms with van der Waals surface area (Å²) in [4.78, 5) is 2.46. The first-order valence-corrected chi connectivity index (χ1v) is 5.29. The van der Waals surface area contributed by atoms with Crippen LogP contribution in [0.2, 0.25) is 0 Å². The number of rotatable bonds is 4. The van der Waals surface area contributed by atoms with Crippen LogP contribution in [-0.2, 0) is 4.74 Å². The Hall–Kier alpha value is -0.120. The molecule has 2 N–H and O–H groups in total. The quantitative estimate of drug-likeness (QED) is 0.707. The molecule has 1 atom stereocenters. The van der Waals surface area contributed by atoms with Crippen LogP contribution in [0.3, 0.4) is 0 Å². The van der Waals surface area contributed by atoms with Crippen molar-refractivity contribution in [2.24, 2.45) is 5.73 Å². The third-order valence-electron chi connectivity index (χ3n) is 2.66. The lowest BCUT2D eigenvalue weighted by molar-refractivity contribution is 0.00712. The Balaban J connectivity index is 2.41. The molecule has 1 unspecified atom stereocenters. The monoisotopic (exact) mass is 186 g/mol. The number of ether oxygens (including phenoxy) is 1. The van der Waals surface area contributed by atoms with Crippen molar-refractivity contribution >= 4 is 0 Å². The third kappa shape index (κ3) is 3.25. The molecule has 1 aliphatic heterocycles. The molecule has 1 saturated heterocycles. The third-order valence-corrected chi connectivity index (χ3v) is 2.66. The summed E-state index contributed by atoms with van der Waals surface area (Å²) in [5.41, 5.74) is 5.59. The minimum Gasteiger partial charge on any atom is -0.380 e. The van der Waals surface area contributed by atoms with Gasteiger partial charge in [-0.25, -0.2) is 0 Å². The minimum absolute atomic E-state index is 0.579. The fourth-order valence-corrected chi connectivity index (χ4v) is 2.00. The van der Waals surface area contributed by atoms with Crippen LogP contribution in [0, 0.1) is 0 Å². The first kappa shape index (κ1) is 11.0. The van der Waals surface area contributed by atoms with Gasteiger partial charge in [0.1, 0.15) is 0 Å². The molecule has 0 saturated carbocycles. The topological polar surface area (TPSA) is 38.5 Å². The van der Waals surface area contributed by atoms with Gasteiger partial charge < -0.3 is 10.5 Å². The summed E-state index contributed by atoms with van der Waals surface area (Å²) in [6.07, 6.45) is 2.45. The van der Waals surface area contributed by atoms with Crippen molar-refractivity contribution in [1.29, 1.82) is 0 Å². The predicted octanol–water partition coefficient (Wildman–Crippen LogP) is 0.834. The summed E-state index contributed by atoms with van der Waals surface area (Å²) in [6.45, 7) is 8.01. The number of nitrogens with zero attached hydrogens (tertiary/aromatic N) is 1. The van der Waals surface area contributed by atoms with Gasteiger partial charge in [0, 0.05) is 31.8 Å². The van der Waals surface area contributed by atoms with E-state index < -0.39 is 0 Å². The molecule has 1 rings (SSSR count). The van der Waals surface area contributed by atoms with E-state index in [4.69, 9.17) is 10.5 Å². The van der Waals surface area contributed by atoms with Gasteiger partial charge in [0.05, 0.1) is 6.61 Å². The van der Waals surface area contributed by atoms with Gasteiger partial charge in [-0.1, -0.05) is 0 Å². The molecule has 0 aromatic heterocycles. The summed E-state index contributed by atoms with van der Waals surface area (Å²) in [6, 6.07) is 1.17. The highest BCUT2D eigenvalue weighted by molar-refractivity contribution is 4.77. The normalized spacial score (nSPS) is 24.2. The summed E-state index contributed by atoms with van der Waals surface area (Å²) in [7, 11) is 0. The van der Waals surface area contributed by atoms with Gasteiger partial charge in [0.25, 0.3) is 0 Å². The van der Waals surface area contributed by atoms with E-state index in [0.717, 1.165) is 26.3 Å². The minimum atomic E-state index is 0.579. The first-order chi connectivity index (χ1) is 6.25. The molecule has 0 spiro atoms. The second-order valence-corrected chi connectivity index (χ2v) is 3.99. The average Bonchev–Trinajstić information content (AvgIpc) is 2.15. The van der Waals surface area contributed by atoms with E-state index in [9.17, 15) is 0 Å². The summed E-state index contributed by atoms with van der Waals surface area (Å²) < 4.78 is 5.48. The number of hydrogen-bond donors (Lipinski definition) is 1. The molecule has 1 fully saturated rings. The Bertz CT molecular complexity index is 133. The van der Waals surface area contributed by atoms with Crippen molar-refractivity contribution in [2.75, 3.05) is 26.3 Å². The highest BCUT2D eigenvalue weighted by Crippen LogP contribution is 2.15. The molecular weight excluding hydrogens is 164 g/mol. The second kappa shape index (κ2) is 5.58. The van der Waals surface area contributed by atoms with Crippen LogP contribution in [0.4, 0.5) is 0 Å². The molecule has 1 heterocycles. The van der Waals surface area contributed by atoms with E-state index in [-0.39, 0.29) is 0 Å². The highest BCUT2D eigenvalue weighted by Gasteiger charge is 2.22. The van der Waals surface area contributed by atoms with Crippen LogP contribution in [0.5, 0.6) is 0 Å². The van der Waals surface area contributed by atoms with Gasteiger partial charge in [-0.2, -0.15) is 0 Å². The van der Waals surface area contributed by atoms with E-state index in [1.807, 2.05) is 0 Å². The van der Waals surface area contributed by atoms with Gasteiger partial charge in [-0.15, -0.1) is 0 Å². The van der Waals surface area contributed by atoms with Crippen molar-refractivity contribution in [3.05, 3.63) is 0 Å². The summed E-state index contributed by atoms with van der Waals surface area (Å²) in [5, 5.41) is 0. The first-order valence-electron chi connectivity index (χ1n) is 5.29. The lowest BCUT2D eigenvalue weighted by Gasteiger charge is -2.36. The van der Waals surface area contributed by atoms with Crippen molar-refractivity contribution in [2.45, 2.75) is 38.8 Å². The van der Waals surface area contributed by atoms with E-state index in [0.29, 0.717) is 12.1 Å². The van der Waals surface area contributed by atoms with Gasteiger partial charge in [0.2, 0.25) is 0 Å². The molecular formula is C10H22N2O. The second-order valence-electron chi connectivity index (χ2n) is 3.99. The van der Waals surface area contributed by atoms with Crippen LogP contribution in [0.1, 0.15) is 26.7 Å². The lowest BCUT2D eigenvalue weighted by Crippen LogP contribution is -2.47. The SMILES string of the molecule is CC(C)N(CCN)C1CCCOC1. The zero-order valence-electron chi connectivity index (χ0n) is 8.83. The fraction of sp³-hybridized carbons (Fsp3) is 1.00. The largest absolute Gasteiger partial charge is 0.380 e. The smallest absolute Gasteiger partial charge is 0.0621 e. The van der Waals surface area contributed by atoms with E-state index in [1.165, 1.54) is 12.8 Å². The van der Waals surface area contributed by atoms with Crippen LogP contribution in [-0.4, -0.2) is 43.3 Å². The van der Waals surface area contributed by atoms with E-state index in [1.54, 1.807) is 0 Å². The summed E-state index contributed by atoms with van der Waals surface area (Å²) >= 11 is 0.